The van der Waals surface area contributed by atoms with E-state index in [1.54, 1.807) is 4.90 Å². The molecule has 4 atom stereocenters. The summed E-state index contributed by atoms with van der Waals surface area (Å²) in [5.41, 5.74) is 0.766. The smallest absolute Gasteiger partial charge is 0.319 e. The van der Waals surface area contributed by atoms with E-state index in [1.807, 2.05) is 54.6 Å². The van der Waals surface area contributed by atoms with Gasteiger partial charge in [-0.25, -0.2) is 4.79 Å². The van der Waals surface area contributed by atoms with Gasteiger partial charge in [0.25, 0.3) is 0 Å². The average Bonchev–Trinajstić information content (AvgIpc) is 2.75. The Morgan fingerprint density at radius 2 is 1.86 bits per heavy atom. The van der Waals surface area contributed by atoms with Gasteiger partial charge in [0.05, 0.1) is 19.6 Å². The standard InChI is InChI=1S/C23H29N3O2/c1-2-17-16-26-13-12-18(17)14-20(26)15-24-23(27)25-19-8-10-22(11-9-19)28-21-6-4-3-5-7-21/h3-11,17-18,20H,2,12-16H2,1H3,(H2,24,25,27)/p+1/t17-,18-,20+/m0/s1. The van der Waals surface area contributed by atoms with E-state index in [9.17, 15) is 4.79 Å². The molecular weight excluding hydrogens is 350 g/mol. The number of urea groups is 1. The first kappa shape index (κ1) is 18.8. The van der Waals surface area contributed by atoms with Crippen molar-refractivity contribution in [2.45, 2.75) is 32.2 Å². The number of fused-ring (bicyclic) bond motifs is 3. The van der Waals surface area contributed by atoms with Crippen LogP contribution < -0.4 is 20.3 Å². The van der Waals surface area contributed by atoms with Crippen LogP contribution in [0.25, 0.3) is 0 Å². The van der Waals surface area contributed by atoms with Gasteiger partial charge in [0, 0.05) is 24.4 Å². The number of carbonyl (C=O) groups is 1. The summed E-state index contributed by atoms with van der Waals surface area (Å²) in [6, 6.07) is 17.5. The van der Waals surface area contributed by atoms with Crippen LogP contribution in [-0.4, -0.2) is 31.7 Å². The van der Waals surface area contributed by atoms with Crippen molar-refractivity contribution in [3.05, 3.63) is 54.6 Å². The summed E-state index contributed by atoms with van der Waals surface area (Å²) in [7, 11) is 0. The van der Waals surface area contributed by atoms with E-state index >= 15 is 0 Å². The van der Waals surface area contributed by atoms with Gasteiger partial charge in [-0.05, 0) is 48.7 Å². The van der Waals surface area contributed by atoms with Gasteiger partial charge in [-0.2, -0.15) is 0 Å². The molecule has 3 aliphatic heterocycles. The SMILES string of the molecule is CC[C@H]1C[NH+]2CC[C@H]1C[C@@H]2CNC(=O)Nc1ccc(Oc2ccccc2)cc1. The first-order valence-electron chi connectivity index (χ1n) is 10.4. The zero-order valence-electron chi connectivity index (χ0n) is 16.5. The fraction of sp³-hybridized carbons (Fsp3) is 0.435. The highest BCUT2D eigenvalue weighted by Gasteiger charge is 2.42. The molecule has 2 aromatic rings. The van der Waals surface area contributed by atoms with Gasteiger partial charge < -0.3 is 20.3 Å². The van der Waals surface area contributed by atoms with Crippen molar-refractivity contribution in [1.82, 2.24) is 5.32 Å². The van der Waals surface area contributed by atoms with Crippen LogP contribution in [0, 0.1) is 11.8 Å². The summed E-state index contributed by atoms with van der Waals surface area (Å²) in [5, 5.41) is 5.99. The molecular formula is C23H30N3O2+. The zero-order chi connectivity index (χ0) is 19.3. The summed E-state index contributed by atoms with van der Waals surface area (Å²) in [4.78, 5) is 14.0. The minimum absolute atomic E-state index is 0.134. The van der Waals surface area contributed by atoms with E-state index in [0.29, 0.717) is 6.04 Å². The number of piperidine rings is 3. The molecule has 3 saturated heterocycles. The average molecular weight is 381 g/mol. The molecule has 3 N–H and O–H groups in total. The third-order valence-electron chi connectivity index (χ3n) is 6.32. The number of quaternary nitrogens is 1. The largest absolute Gasteiger partial charge is 0.457 e. The molecule has 28 heavy (non-hydrogen) atoms. The predicted octanol–water partition coefficient (Wildman–Crippen LogP) is 3.30. The van der Waals surface area contributed by atoms with Crippen LogP contribution in [0.4, 0.5) is 10.5 Å². The monoisotopic (exact) mass is 380 g/mol. The molecule has 0 saturated carbocycles. The maximum atomic E-state index is 12.3. The molecule has 3 heterocycles. The maximum Gasteiger partial charge on any atom is 0.319 e. The Morgan fingerprint density at radius 3 is 2.54 bits per heavy atom. The number of nitrogens with one attached hydrogen (secondary N) is 3. The van der Waals surface area contributed by atoms with E-state index in [0.717, 1.165) is 35.6 Å². The summed E-state index contributed by atoms with van der Waals surface area (Å²) < 4.78 is 5.78. The van der Waals surface area contributed by atoms with Crippen LogP contribution in [0.15, 0.2) is 54.6 Å². The topological polar surface area (TPSA) is 54.8 Å². The molecule has 2 amide bonds. The third-order valence-corrected chi connectivity index (χ3v) is 6.32. The van der Waals surface area contributed by atoms with E-state index in [1.165, 1.54) is 32.4 Å². The molecule has 3 aliphatic rings. The number of carbonyl (C=O) groups excluding carboxylic acids is 1. The first-order valence-corrected chi connectivity index (χ1v) is 10.4. The second-order valence-corrected chi connectivity index (χ2v) is 8.04. The van der Waals surface area contributed by atoms with E-state index in [-0.39, 0.29) is 6.03 Å². The molecule has 0 aromatic heterocycles. The normalized spacial score (nSPS) is 25.9. The minimum atomic E-state index is -0.134. The van der Waals surface area contributed by atoms with Crippen LogP contribution in [0.3, 0.4) is 0 Å². The molecule has 1 unspecified atom stereocenters. The number of amides is 2. The highest BCUT2D eigenvalue weighted by Crippen LogP contribution is 2.28. The number of hydrogen-bond acceptors (Lipinski definition) is 2. The molecule has 5 rings (SSSR count). The van der Waals surface area contributed by atoms with Crippen molar-refractivity contribution in [3.63, 3.8) is 0 Å². The molecule has 0 radical (unpaired) electrons. The molecule has 0 aliphatic carbocycles. The summed E-state index contributed by atoms with van der Waals surface area (Å²) >= 11 is 0. The Hall–Kier alpha value is -2.53. The van der Waals surface area contributed by atoms with Crippen LogP contribution in [-0.2, 0) is 0 Å². The van der Waals surface area contributed by atoms with Gasteiger partial charge in [-0.3, -0.25) is 0 Å². The maximum absolute atomic E-state index is 12.3. The van der Waals surface area contributed by atoms with Crippen LogP contribution in [0.5, 0.6) is 11.5 Å². The van der Waals surface area contributed by atoms with Crippen LogP contribution in [0.2, 0.25) is 0 Å². The highest BCUT2D eigenvalue weighted by atomic mass is 16.5. The van der Waals surface area contributed by atoms with Crippen molar-refractivity contribution < 1.29 is 14.4 Å². The van der Waals surface area contributed by atoms with Crippen LogP contribution in [0.1, 0.15) is 26.2 Å². The Kier molecular flexibility index (Phi) is 5.81. The molecule has 2 bridgehead atoms. The van der Waals surface area contributed by atoms with Gasteiger partial charge in [0.1, 0.15) is 17.5 Å². The zero-order valence-corrected chi connectivity index (χ0v) is 16.5. The predicted molar refractivity (Wildman–Crippen MR) is 111 cm³/mol. The molecule has 5 nitrogen and oxygen atoms in total. The lowest BCUT2D eigenvalue weighted by Gasteiger charge is -2.46. The van der Waals surface area contributed by atoms with E-state index < -0.39 is 0 Å². The fourth-order valence-electron chi connectivity index (χ4n) is 4.75. The van der Waals surface area contributed by atoms with E-state index in [4.69, 9.17) is 4.74 Å². The van der Waals surface area contributed by atoms with Crippen molar-refractivity contribution in [2.24, 2.45) is 11.8 Å². The Labute approximate surface area is 167 Å². The van der Waals surface area contributed by atoms with Crippen molar-refractivity contribution >= 4 is 11.7 Å². The number of para-hydroxylation sites is 1. The summed E-state index contributed by atoms with van der Waals surface area (Å²) in [6.07, 6.45) is 3.90. The van der Waals surface area contributed by atoms with Gasteiger partial charge in [0.2, 0.25) is 0 Å². The molecule has 3 fully saturated rings. The third kappa shape index (κ3) is 4.47. The summed E-state index contributed by atoms with van der Waals surface area (Å²) in [6.45, 7) is 5.60. The number of rotatable bonds is 6. The van der Waals surface area contributed by atoms with Gasteiger partial charge in [-0.15, -0.1) is 0 Å². The molecule has 5 heteroatoms. The summed E-state index contributed by atoms with van der Waals surface area (Å²) in [5.74, 6) is 3.28. The Balaban J connectivity index is 1.24. The molecule has 2 aromatic carbocycles. The number of anilines is 1. The Bertz CT molecular complexity index is 778. The van der Waals surface area contributed by atoms with Gasteiger partial charge >= 0.3 is 6.03 Å². The Morgan fingerprint density at radius 1 is 1.11 bits per heavy atom. The highest BCUT2D eigenvalue weighted by molar-refractivity contribution is 5.89. The van der Waals surface area contributed by atoms with Crippen molar-refractivity contribution in [1.29, 1.82) is 0 Å². The number of benzene rings is 2. The second kappa shape index (κ2) is 8.65. The lowest BCUT2D eigenvalue weighted by atomic mass is 9.74. The van der Waals surface area contributed by atoms with Crippen LogP contribution >= 0.6 is 0 Å². The number of hydrogen-bond donors (Lipinski definition) is 3. The first-order chi connectivity index (χ1) is 13.7. The minimum Gasteiger partial charge on any atom is -0.457 e. The lowest BCUT2D eigenvalue weighted by Crippen LogP contribution is -3.20. The molecule has 148 valence electrons. The molecule has 0 spiro atoms. The fourth-order valence-corrected chi connectivity index (χ4v) is 4.75. The van der Waals surface area contributed by atoms with Gasteiger partial charge in [-0.1, -0.05) is 25.1 Å². The lowest BCUT2D eigenvalue weighted by molar-refractivity contribution is -0.945. The van der Waals surface area contributed by atoms with E-state index in [2.05, 4.69) is 17.6 Å². The van der Waals surface area contributed by atoms with Crippen molar-refractivity contribution in [2.75, 3.05) is 25.0 Å². The quantitative estimate of drug-likeness (QED) is 0.720. The second-order valence-electron chi connectivity index (χ2n) is 8.04. The van der Waals surface area contributed by atoms with Gasteiger partial charge in [0.15, 0.2) is 0 Å². The van der Waals surface area contributed by atoms with Crippen molar-refractivity contribution in [3.8, 4) is 11.5 Å². The number of ether oxygens (including phenoxy) is 1.